The first-order chi connectivity index (χ1) is 10.9. The number of amides is 4. The largest absolute Gasteiger partial charge is 0.325 e. The van der Waals surface area contributed by atoms with Crippen molar-refractivity contribution in [3.8, 4) is 0 Å². The fourth-order valence-electron chi connectivity index (χ4n) is 3.06. The van der Waals surface area contributed by atoms with E-state index in [1.165, 1.54) is 6.07 Å². The van der Waals surface area contributed by atoms with Crippen LogP contribution in [0.25, 0.3) is 0 Å². The highest BCUT2D eigenvalue weighted by Gasteiger charge is 2.52. The number of carbonyl (C=O) groups is 3. The molecule has 2 fully saturated rings. The average Bonchev–Trinajstić information content (AvgIpc) is 3.04. The maximum absolute atomic E-state index is 13.0. The van der Waals surface area contributed by atoms with Crippen molar-refractivity contribution in [1.82, 2.24) is 10.2 Å². The average molecular weight is 340 g/mol. The van der Waals surface area contributed by atoms with Gasteiger partial charge in [-0.2, -0.15) is 0 Å². The van der Waals surface area contributed by atoms with Crippen LogP contribution in [-0.4, -0.2) is 34.8 Å². The highest BCUT2D eigenvalue weighted by molar-refractivity contribution is 6.33. The van der Waals surface area contributed by atoms with E-state index in [4.69, 9.17) is 11.6 Å². The van der Waals surface area contributed by atoms with Gasteiger partial charge in [-0.05, 0) is 31.0 Å². The van der Waals surface area contributed by atoms with Crippen LogP contribution in [0.3, 0.4) is 0 Å². The van der Waals surface area contributed by atoms with E-state index < -0.39 is 29.8 Å². The van der Waals surface area contributed by atoms with Crippen molar-refractivity contribution in [3.63, 3.8) is 0 Å². The number of urea groups is 1. The number of hydrogen-bond acceptors (Lipinski definition) is 3. The zero-order chi connectivity index (χ0) is 16.6. The van der Waals surface area contributed by atoms with Crippen molar-refractivity contribution in [1.29, 1.82) is 0 Å². The molecule has 1 heterocycles. The number of hydrogen-bond donors (Lipinski definition) is 2. The van der Waals surface area contributed by atoms with Gasteiger partial charge >= 0.3 is 6.03 Å². The molecule has 23 heavy (non-hydrogen) atoms. The third-order valence-corrected chi connectivity index (χ3v) is 4.52. The molecule has 0 atom stereocenters. The molecule has 8 heteroatoms. The third-order valence-electron chi connectivity index (χ3n) is 4.21. The van der Waals surface area contributed by atoms with Gasteiger partial charge in [-0.1, -0.05) is 24.4 Å². The summed E-state index contributed by atoms with van der Waals surface area (Å²) in [4.78, 5) is 37.4. The van der Waals surface area contributed by atoms with E-state index in [2.05, 4.69) is 10.6 Å². The van der Waals surface area contributed by atoms with Gasteiger partial charge in [0.25, 0.3) is 5.91 Å². The molecule has 1 saturated heterocycles. The third kappa shape index (κ3) is 2.88. The number of imide groups is 1. The van der Waals surface area contributed by atoms with Crippen LogP contribution in [0.5, 0.6) is 0 Å². The summed E-state index contributed by atoms with van der Waals surface area (Å²) in [5.74, 6) is -1.46. The lowest BCUT2D eigenvalue weighted by atomic mass is 9.98. The molecule has 1 spiro atoms. The number of nitrogens with zero attached hydrogens (tertiary/aromatic N) is 1. The first-order valence-electron chi connectivity index (χ1n) is 7.30. The van der Waals surface area contributed by atoms with Crippen LogP contribution in [0.15, 0.2) is 18.2 Å². The smallest absolute Gasteiger partial charge is 0.323 e. The van der Waals surface area contributed by atoms with E-state index in [1.54, 1.807) is 0 Å². The minimum absolute atomic E-state index is 0.0443. The monoisotopic (exact) mass is 339 g/mol. The maximum Gasteiger partial charge on any atom is 0.325 e. The van der Waals surface area contributed by atoms with Gasteiger partial charge in [0.2, 0.25) is 5.91 Å². The van der Waals surface area contributed by atoms with Gasteiger partial charge in [-0.25, -0.2) is 9.18 Å². The predicted molar refractivity (Wildman–Crippen MR) is 81.5 cm³/mol. The Bertz CT molecular complexity index is 689. The lowest BCUT2D eigenvalue weighted by molar-refractivity contribution is -0.133. The van der Waals surface area contributed by atoms with Crippen LogP contribution in [0.1, 0.15) is 25.7 Å². The number of benzene rings is 1. The lowest BCUT2D eigenvalue weighted by Gasteiger charge is -2.19. The Morgan fingerprint density at radius 3 is 2.70 bits per heavy atom. The molecule has 0 bridgehead atoms. The molecule has 1 aromatic carbocycles. The molecule has 4 amide bonds. The van der Waals surface area contributed by atoms with Crippen molar-refractivity contribution in [2.24, 2.45) is 0 Å². The SMILES string of the molecule is O=C(CN1C(=O)NC2(CCCC2)C1=O)Nc1ccc(F)cc1Cl. The molecule has 0 unspecified atom stereocenters. The van der Waals surface area contributed by atoms with E-state index in [0.29, 0.717) is 12.8 Å². The molecular weight excluding hydrogens is 325 g/mol. The molecule has 1 aliphatic heterocycles. The first kappa shape index (κ1) is 15.7. The Morgan fingerprint density at radius 1 is 1.35 bits per heavy atom. The summed E-state index contributed by atoms with van der Waals surface area (Å²) in [7, 11) is 0. The van der Waals surface area contributed by atoms with Gasteiger partial charge in [-0.15, -0.1) is 0 Å². The van der Waals surface area contributed by atoms with Gasteiger partial charge in [0.15, 0.2) is 0 Å². The van der Waals surface area contributed by atoms with E-state index in [9.17, 15) is 18.8 Å². The number of halogens is 2. The Morgan fingerprint density at radius 2 is 2.04 bits per heavy atom. The minimum atomic E-state index is -0.842. The second-order valence-corrected chi connectivity index (χ2v) is 6.19. The summed E-state index contributed by atoms with van der Waals surface area (Å²) >= 11 is 5.83. The van der Waals surface area contributed by atoms with Gasteiger partial charge in [0.1, 0.15) is 17.9 Å². The quantitative estimate of drug-likeness (QED) is 0.829. The highest BCUT2D eigenvalue weighted by atomic mass is 35.5. The molecule has 2 aliphatic rings. The zero-order valence-corrected chi connectivity index (χ0v) is 13.0. The summed E-state index contributed by atoms with van der Waals surface area (Å²) in [5.41, 5.74) is -0.620. The van der Waals surface area contributed by atoms with Crippen molar-refractivity contribution < 1.29 is 18.8 Å². The molecule has 122 valence electrons. The molecule has 0 aromatic heterocycles. The molecule has 1 aromatic rings. The molecule has 1 saturated carbocycles. The second-order valence-electron chi connectivity index (χ2n) is 5.78. The fraction of sp³-hybridized carbons (Fsp3) is 0.400. The molecule has 0 radical (unpaired) electrons. The van der Waals surface area contributed by atoms with Crippen molar-refractivity contribution in [3.05, 3.63) is 29.0 Å². The van der Waals surface area contributed by atoms with E-state index >= 15 is 0 Å². The number of anilines is 1. The Hall–Kier alpha value is -2.15. The van der Waals surface area contributed by atoms with Crippen molar-refractivity contribution in [2.45, 2.75) is 31.2 Å². The first-order valence-corrected chi connectivity index (χ1v) is 7.68. The number of nitrogens with one attached hydrogen (secondary N) is 2. The normalized spacial score (nSPS) is 19.3. The standard InChI is InChI=1S/C15H15ClFN3O3/c16-10-7-9(17)3-4-11(10)18-12(21)8-20-13(22)15(19-14(20)23)5-1-2-6-15/h3-4,7H,1-2,5-6,8H2,(H,18,21)(H,19,23). The molecular formula is C15H15ClFN3O3. The highest BCUT2D eigenvalue weighted by Crippen LogP contribution is 2.35. The van der Waals surface area contributed by atoms with Crippen molar-refractivity contribution >= 4 is 35.1 Å². The Labute approximate surface area is 137 Å². The predicted octanol–water partition coefficient (Wildman–Crippen LogP) is 2.28. The van der Waals surface area contributed by atoms with Crippen LogP contribution in [0.4, 0.5) is 14.9 Å². The van der Waals surface area contributed by atoms with E-state index in [1.807, 2.05) is 0 Å². The van der Waals surface area contributed by atoms with Crippen LogP contribution < -0.4 is 10.6 Å². The van der Waals surface area contributed by atoms with Crippen LogP contribution in [-0.2, 0) is 9.59 Å². The van der Waals surface area contributed by atoms with Crippen molar-refractivity contribution in [2.75, 3.05) is 11.9 Å². The molecule has 6 nitrogen and oxygen atoms in total. The van der Waals surface area contributed by atoms with Crippen LogP contribution in [0, 0.1) is 5.82 Å². The molecule has 2 N–H and O–H groups in total. The lowest BCUT2D eigenvalue weighted by Crippen LogP contribution is -2.44. The number of carbonyl (C=O) groups excluding carboxylic acids is 3. The Kier molecular flexibility index (Phi) is 3.97. The summed E-state index contributed by atoms with van der Waals surface area (Å²) in [6.45, 7) is -0.403. The van der Waals surface area contributed by atoms with Gasteiger partial charge in [0.05, 0.1) is 10.7 Å². The summed E-state index contributed by atoms with van der Waals surface area (Å²) in [5, 5.41) is 5.22. The number of rotatable bonds is 3. The van der Waals surface area contributed by atoms with Gasteiger partial charge in [0, 0.05) is 0 Å². The summed E-state index contributed by atoms with van der Waals surface area (Å²) < 4.78 is 13.0. The summed E-state index contributed by atoms with van der Waals surface area (Å²) in [6.07, 6.45) is 2.94. The summed E-state index contributed by atoms with van der Waals surface area (Å²) in [6, 6.07) is 2.98. The fourth-order valence-corrected chi connectivity index (χ4v) is 3.28. The van der Waals surface area contributed by atoms with Gasteiger partial charge in [-0.3, -0.25) is 14.5 Å². The second kappa shape index (κ2) is 5.81. The molecule has 1 aliphatic carbocycles. The zero-order valence-electron chi connectivity index (χ0n) is 12.2. The molecule has 3 rings (SSSR count). The van der Waals surface area contributed by atoms with Crippen LogP contribution in [0.2, 0.25) is 5.02 Å². The Balaban J connectivity index is 1.68. The maximum atomic E-state index is 13.0. The minimum Gasteiger partial charge on any atom is -0.323 e. The van der Waals surface area contributed by atoms with Gasteiger partial charge < -0.3 is 10.6 Å². The van der Waals surface area contributed by atoms with Crippen LogP contribution >= 0.6 is 11.6 Å². The van der Waals surface area contributed by atoms with E-state index in [-0.39, 0.29) is 16.6 Å². The van der Waals surface area contributed by atoms with E-state index in [0.717, 1.165) is 29.9 Å². The topological polar surface area (TPSA) is 78.5 Å².